The molecule has 2 aromatic rings. The Bertz CT molecular complexity index is 943. The fraction of sp³-hybridized carbons (Fsp3) is 0.222. The number of Topliss-reactive ketones (excluding diaryl/α,β-unsaturated/α-hetero) is 1. The van der Waals surface area contributed by atoms with Gasteiger partial charge in [0, 0.05) is 12.6 Å². The fourth-order valence-electron chi connectivity index (χ4n) is 2.16. The number of hydrogen-bond donors (Lipinski definition) is 0. The van der Waals surface area contributed by atoms with Crippen LogP contribution in [0.5, 0.6) is 0 Å². The number of halogens is 1. The molecule has 144 valence electrons. The van der Waals surface area contributed by atoms with Crippen LogP contribution in [0.3, 0.4) is 0 Å². The van der Waals surface area contributed by atoms with Crippen LogP contribution >= 0.6 is 0 Å². The zero-order chi connectivity index (χ0) is 20.2. The molecule has 2 aromatic carbocycles. The van der Waals surface area contributed by atoms with Crippen molar-refractivity contribution in [2.24, 2.45) is 0 Å². The summed E-state index contributed by atoms with van der Waals surface area (Å²) in [6, 6.07) is 10.00. The Hall–Kier alpha value is -2.62. The topological polar surface area (TPSA) is 90.0 Å². The lowest BCUT2D eigenvalue weighted by molar-refractivity contribution is -0.0258. The van der Waals surface area contributed by atoms with Gasteiger partial charge in [0.05, 0.1) is 17.6 Å². The Kier molecular flexibility index (Phi) is 6.42. The second-order valence-electron chi connectivity index (χ2n) is 5.54. The maximum Gasteiger partial charge on any atom is 0.338 e. The summed E-state index contributed by atoms with van der Waals surface area (Å²) < 4.78 is 43.2. The summed E-state index contributed by atoms with van der Waals surface area (Å²) in [5.74, 6) is -1.86. The molecule has 0 fully saturated rings. The van der Waals surface area contributed by atoms with Crippen molar-refractivity contribution in [1.29, 1.82) is 0 Å². The van der Waals surface area contributed by atoms with Crippen molar-refractivity contribution in [1.82, 2.24) is 4.47 Å². The summed E-state index contributed by atoms with van der Waals surface area (Å²) in [6.45, 7) is 1.38. The van der Waals surface area contributed by atoms with Crippen LogP contribution in [0.2, 0.25) is 0 Å². The maximum atomic E-state index is 12.9. The van der Waals surface area contributed by atoms with Gasteiger partial charge in [-0.1, -0.05) is 10.5 Å². The highest BCUT2D eigenvalue weighted by Gasteiger charge is 2.24. The van der Waals surface area contributed by atoms with E-state index in [-0.39, 0.29) is 16.0 Å². The number of hydroxylamine groups is 1. The molecule has 0 saturated heterocycles. The lowest BCUT2D eigenvalue weighted by Gasteiger charge is -2.15. The molecule has 0 N–H and O–H groups in total. The molecular weight excluding hydrogens is 377 g/mol. The number of carbonyl (C=O) groups excluding carboxylic acids is 2. The first-order chi connectivity index (χ1) is 12.7. The van der Waals surface area contributed by atoms with Crippen LogP contribution in [0, 0.1) is 5.82 Å². The van der Waals surface area contributed by atoms with Gasteiger partial charge in [-0.05, 0) is 49.4 Å². The summed E-state index contributed by atoms with van der Waals surface area (Å²) in [7, 11) is -1.53. The highest BCUT2D eigenvalue weighted by atomic mass is 32.2. The zero-order valence-electron chi connectivity index (χ0n) is 14.9. The molecular formula is C18H18FNO6S. The molecule has 1 atom stereocenters. The van der Waals surface area contributed by atoms with Gasteiger partial charge >= 0.3 is 5.97 Å². The molecule has 0 radical (unpaired) electrons. The molecule has 27 heavy (non-hydrogen) atoms. The lowest BCUT2D eigenvalue weighted by atomic mass is 10.1. The van der Waals surface area contributed by atoms with Crippen LogP contribution in [0.4, 0.5) is 4.39 Å². The smallest absolute Gasteiger partial charge is 0.338 e. The summed E-state index contributed by atoms with van der Waals surface area (Å²) in [6.07, 6.45) is -1.13. The molecule has 9 heteroatoms. The van der Waals surface area contributed by atoms with Gasteiger partial charge in [-0.2, -0.15) is 0 Å². The third-order valence-electron chi connectivity index (χ3n) is 3.74. The van der Waals surface area contributed by atoms with Crippen LogP contribution in [0.15, 0.2) is 53.4 Å². The fourth-order valence-corrected chi connectivity index (χ4v) is 3.18. The van der Waals surface area contributed by atoms with E-state index in [4.69, 9.17) is 4.74 Å². The lowest BCUT2D eigenvalue weighted by Crippen LogP contribution is -2.26. The van der Waals surface area contributed by atoms with E-state index in [0.29, 0.717) is 4.47 Å². The Morgan fingerprint density at radius 2 is 1.70 bits per heavy atom. The minimum Gasteiger partial charge on any atom is -0.451 e. The molecule has 0 unspecified atom stereocenters. The Balaban J connectivity index is 2.17. The summed E-state index contributed by atoms with van der Waals surface area (Å²) in [4.78, 5) is 29.1. The molecule has 0 amide bonds. The van der Waals surface area contributed by atoms with Crippen molar-refractivity contribution < 1.29 is 32.0 Å². The minimum atomic E-state index is -3.94. The maximum absolute atomic E-state index is 12.9. The molecule has 0 saturated carbocycles. The number of nitrogens with zero attached hydrogens (tertiary/aromatic N) is 1. The van der Waals surface area contributed by atoms with Crippen LogP contribution in [-0.2, 0) is 19.6 Å². The number of sulfonamides is 1. The minimum absolute atomic E-state index is 0.0423. The first-order valence-corrected chi connectivity index (χ1v) is 9.24. The number of ketones is 1. The SMILES string of the molecule is CON(C)S(=O)(=O)c1cccc(C(=O)O[C@@H](C)C(=O)c2ccc(F)cc2)c1. The van der Waals surface area contributed by atoms with Gasteiger partial charge in [-0.3, -0.25) is 9.63 Å². The van der Waals surface area contributed by atoms with Gasteiger partial charge in [0.2, 0.25) is 5.78 Å². The molecule has 7 nitrogen and oxygen atoms in total. The monoisotopic (exact) mass is 395 g/mol. The first kappa shape index (κ1) is 20.7. The summed E-state index contributed by atoms with van der Waals surface area (Å²) in [5.41, 5.74) is 0.147. The van der Waals surface area contributed by atoms with Crippen LogP contribution < -0.4 is 0 Å². The van der Waals surface area contributed by atoms with Crippen molar-refractivity contribution >= 4 is 21.8 Å². The van der Waals surface area contributed by atoms with Crippen LogP contribution in [0.25, 0.3) is 0 Å². The Labute approximate surface area is 156 Å². The second kappa shape index (κ2) is 8.38. The molecule has 2 rings (SSSR count). The number of esters is 1. The molecule has 0 heterocycles. The van der Waals surface area contributed by atoms with E-state index in [1.807, 2.05) is 0 Å². The largest absolute Gasteiger partial charge is 0.451 e. The molecule has 0 aliphatic carbocycles. The predicted molar refractivity (Wildman–Crippen MR) is 94.0 cm³/mol. The summed E-state index contributed by atoms with van der Waals surface area (Å²) in [5, 5.41) is 0. The molecule has 0 aliphatic rings. The third kappa shape index (κ3) is 4.76. The van der Waals surface area contributed by atoms with Crippen molar-refractivity contribution in [3.05, 3.63) is 65.5 Å². The van der Waals surface area contributed by atoms with Gasteiger partial charge < -0.3 is 4.74 Å². The van der Waals surface area contributed by atoms with Crippen molar-refractivity contribution in [3.8, 4) is 0 Å². The van der Waals surface area contributed by atoms with Gasteiger partial charge in [0.25, 0.3) is 10.0 Å². The molecule has 0 aromatic heterocycles. The average molecular weight is 395 g/mol. The van der Waals surface area contributed by atoms with Gasteiger partial charge in [-0.15, -0.1) is 0 Å². The van der Waals surface area contributed by atoms with E-state index in [2.05, 4.69) is 4.84 Å². The molecule has 0 aliphatic heterocycles. The van der Waals surface area contributed by atoms with Crippen LogP contribution in [0.1, 0.15) is 27.6 Å². The predicted octanol–water partition coefficient (Wildman–Crippen LogP) is 2.44. The quantitative estimate of drug-likeness (QED) is 0.406. The number of ether oxygens (including phenoxy) is 1. The number of hydrogen-bond acceptors (Lipinski definition) is 6. The van der Waals surface area contributed by atoms with E-state index in [0.717, 1.165) is 18.2 Å². The van der Waals surface area contributed by atoms with E-state index < -0.39 is 33.7 Å². The standard InChI is InChI=1S/C18H18FNO6S/c1-12(17(21)13-7-9-15(19)10-8-13)26-18(22)14-5-4-6-16(11-14)27(23,24)20(2)25-3/h4-12H,1-3H3/t12-/m0/s1. The average Bonchev–Trinajstić information content (AvgIpc) is 2.67. The Morgan fingerprint density at radius 1 is 1.07 bits per heavy atom. The van der Waals surface area contributed by atoms with Gasteiger partial charge in [-0.25, -0.2) is 17.6 Å². The van der Waals surface area contributed by atoms with Crippen LogP contribution in [-0.4, -0.2) is 44.9 Å². The highest BCUT2D eigenvalue weighted by molar-refractivity contribution is 7.89. The van der Waals surface area contributed by atoms with E-state index in [1.54, 1.807) is 0 Å². The van der Waals surface area contributed by atoms with E-state index in [1.165, 1.54) is 51.4 Å². The van der Waals surface area contributed by atoms with Crippen molar-refractivity contribution in [3.63, 3.8) is 0 Å². The number of benzene rings is 2. The molecule has 0 bridgehead atoms. The third-order valence-corrected chi connectivity index (χ3v) is 5.42. The number of carbonyl (C=O) groups is 2. The van der Waals surface area contributed by atoms with Crippen molar-refractivity contribution in [2.45, 2.75) is 17.9 Å². The van der Waals surface area contributed by atoms with Crippen molar-refractivity contribution in [2.75, 3.05) is 14.2 Å². The number of rotatable bonds is 7. The summed E-state index contributed by atoms with van der Waals surface area (Å²) >= 11 is 0. The highest BCUT2D eigenvalue weighted by Crippen LogP contribution is 2.17. The van der Waals surface area contributed by atoms with Gasteiger partial charge in [0.1, 0.15) is 5.82 Å². The zero-order valence-corrected chi connectivity index (χ0v) is 15.7. The van der Waals surface area contributed by atoms with E-state index in [9.17, 15) is 22.4 Å². The molecule has 0 spiro atoms. The second-order valence-corrected chi connectivity index (χ2v) is 7.48. The normalized spacial score (nSPS) is 12.6. The van der Waals surface area contributed by atoms with E-state index >= 15 is 0 Å². The Morgan fingerprint density at radius 3 is 2.30 bits per heavy atom. The van der Waals surface area contributed by atoms with Gasteiger partial charge in [0.15, 0.2) is 6.10 Å². The first-order valence-electron chi connectivity index (χ1n) is 7.80.